The molecule has 2 rings (SSSR count). The smallest absolute Gasteiger partial charge is 0.417 e. The summed E-state index contributed by atoms with van der Waals surface area (Å²) in [5.74, 6) is -1.07. The number of benzene rings is 1. The van der Waals surface area contributed by atoms with Gasteiger partial charge in [0.1, 0.15) is 11.1 Å². The molecule has 4 nitrogen and oxygen atoms in total. The minimum atomic E-state index is -4.72. The third-order valence-electron chi connectivity index (χ3n) is 3.10. The van der Waals surface area contributed by atoms with Crippen molar-refractivity contribution in [2.75, 3.05) is 5.75 Å². The molecule has 0 bridgehead atoms. The number of halogens is 4. The SMILES string of the molecule is N#Cc1c(C(F)(F)F)cc(-c2ccc(Br)cc2)nc1SCCC(=O)O. The Morgan fingerprint density at radius 2 is 1.96 bits per heavy atom. The van der Waals surface area contributed by atoms with Crippen LogP contribution in [0.15, 0.2) is 39.8 Å². The van der Waals surface area contributed by atoms with Gasteiger partial charge < -0.3 is 5.11 Å². The Kier molecular flexibility index (Phi) is 6.08. The Hall–Kier alpha value is -2.05. The van der Waals surface area contributed by atoms with E-state index in [2.05, 4.69) is 20.9 Å². The third kappa shape index (κ3) is 4.96. The van der Waals surface area contributed by atoms with Crippen LogP contribution >= 0.6 is 27.7 Å². The number of rotatable bonds is 5. The summed E-state index contributed by atoms with van der Waals surface area (Å²) in [4.78, 5) is 14.8. The van der Waals surface area contributed by atoms with Gasteiger partial charge in [-0.25, -0.2) is 4.98 Å². The Balaban J connectivity index is 2.55. The van der Waals surface area contributed by atoms with Crippen LogP contribution in [0.2, 0.25) is 0 Å². The average molecular weight is 431 g/mol. The minimum absolute atomic E-state index is 0.0120. The lowest BCUT2D eigenvalue weighted by molar-refractivity contribution is -0.138. The number of pyridine rings is 1. The van der Waals surface area contributed by atoms with Gasteiger partial charge in [-0.05, 0) is 18.2 Å². The lowest BCUT2D eigenvalue weighted by Crippen LogP contribution is -2.11. The Bertz CT molecular complexity index is 833. The molecule has 1 aromatic heterocycles. The number of carboxylic acids is 1. The molecule has 9 heteroatoms. The summed E-state index contributed by atoms with van der Waals surface area (Å²) in [6, 6.07) is 8.91. The molecule has 0 unspecified atom stereocenters. The highest BCUT2D eigenvalue weighted by molar-refractivity contribution is 9.10. The van der Waals surface area contributed by atoms with Gasteiger partial charge >= 0.3 is 12.1 Å². The zero-order valence-corrected chi connectivity index (χ0v) is 14.9. The van der Waals surface area contributed by atoms with Gasteiger partial charge in [0.15, 0.2) is 0 Å². The second-order valence-corrected chi connectivity index (χ2v) is 6.84. The second kappa shape index (κ2) is 7.89. The zero-order valence-electron chi connectivity index (χ0n) is 12.5. The average Bonchev–Trinajstić information content (AvgIpc) is 2.53. The molecule has 1 N–H and O–H groups in total. The fourth-order valence-corrected chi connectivity index (χ4v) is 3.16. The molecule has 0 amide bonds. The van der Waals surface area contributed by atoms with Crippen LogP contribution in [0.25, 0.3) is 11.3 Å². The van der Waals surface area contributed by atoms with Crippen LogP contribution in [0.1, 0.15) is 17.5 Å². The van der Waals surface area contributed by atoms with Crippen molar-refractivity contribution in [2.45, 2.75) is 17.6 Å². The molecule has 0 radical (unpaired) electrons. The van der Waals surface area contributed by atoms with E-state index in [1.807, 2.05) is 0 Å². The Morgan fingerprint density at radius 1 is 1.32 bits per heavy atom. The molecule has 0 saturated carbocycles. The molecular formula is C16H10BrF3N2O2S. The van der Waals surface area contributed by atoms with E-state index in [0.29, 0.717) is 5.56 Å². The predicted molar refractivity (Wildman–Crippen MR) is 90.1 cm³/mol. The van der Waals surface area contributed by atoms with Gasteiger partial charge in [-0.15, -0.1) is 11.8 Å². The molecule has 2 aromatic rings. The number of nitriles is 1. The van der Waals surface area contributed by atoms with Gasteiger partial charge in [0.05, 0.1) is 23.2 Å². The first-order chi connectivity index (χ1) is 11.7. The van der Waals surface area contributed by atoms with Gasteiger partial charge in [-0.1, -0.05) is 28.1 Å². The number of hydrogen-bond donors (Lipinski definition) is 1. The summed E-state index contributed by atoms with van der Waals surface area (Å²) in [7, 11) is 0. The normalized spacial score (nSPS) is 11.2. The number of hydrogen-bond acceptors (Lipinski definition) is 4. The van der Waals surface area contributed by atoms with Gasteiger partial charge in [0.25, 0.3) is 0 Å². The molecule has 0 spiro atoms. The van der Waals surface area contributed by atoms with Crippen LogP contribution in [0.3, 0.4) is 0 Å². The molecule has 0 fully saturated rings. The number of nitrogens with zero attached hydrogens (tertiary/aromatic N) is 2. The molecule has 130 valence electrons. The Labute approximate surface area is 153 Å². The van der Waals surface area contributed by atoms with E-state index in [-0.39, 0.29) is 22.9 Å². The standard InChI is InChI=1S/C16H10BrF3N2O2S/c17-10-3-1-9(2-4-10)13-7-12(16(18,19)20)11(8-21)15(22-13)25-6-5-14(23)24/h1-4,7H,5-6H2,(H,23,24). The summed E-state index contributed by atoms with van der Waals surface area (Å²) < 4.78 is 40.8. The van der Waals surface area contributed by atoms with Crippen molar-refractivity contribution in [1.29, 1.82) is 5.26 Å². The highest BCUT2D eigenvalue weighted by Gasteiger charge is 2.36. The monoisotopic (exact) mass is 430 g/mol. The maximum Gasteiger partial charge on any atom is 0.417 e. The molecule has 0 aliphatic carbocycles. The lowest BCUT2D eigenvalue weighted by Gasteiger charge is -2.14. The highest BCUT2D eigenvalue weighted by atomic mass is 79.9. The predicted octanol–water partition coefficient (Wildman–Crippen LogP) is 4.97. The second-order valence-electron chi connectivity index (χ2n) is 4.84. The van der Waals surface area contributed by atoms with Crippen molar-refractivity contribution in [3.8, 4) is 17.3 Å². The van der Waals surface area contributed by atoms with Crippen molar-refractivity contribution in [3.05, 3.63) is 45.9 Å². The van der Waals surface area contributed by atoms with Crippen LogP contribution in [0.5, 0.6) is 0 Å². The largest absolute Gasteiger partial charge is 0.481 e. The maximum atomic E-state index is 13.3. The molecule has 25 heavy (non-hydrogen) atoms. The van der Waals surface area contributed by atoms with Gasteiger partial charge in [-0.3, -0.25) is 4.79 Å². The summed E-state index contributed by atoms with van der Waals surface area (Å²) in [5.41, 5.74) is -1.15. The van der Waals surface area contributed by atoms with E-state index in [1.54, 1.807) is 24.3 Å². The number of aromatic nitrogens is 1. The number of thioether (sulfide) groups is 1. The third-order valence-corrected chi connectivity index (χ3v) is 4.60. The summed E-state index contributed by atoms with van der Waals surface area (Å²) in [5, 5.41) is 17.7. The van der Waals surface area contributed by atoms with E-state index in [4.69, 9.17) is 10.4 Å². The first-order valence-corrected chi connectivity index (χ1v) is 8.63. The van der Waals surface area contributed by atoms with Crippen molar-refractivity contribution in [2.24, 2.45) is 0 Å². The summed E-state index contributed by atoms with van der Waals surface area (Å²) in [6.45, 7) is 0. The highest BCUT2D eigenvalue weighted by Crippen LogP contribution is 2.38. The molecule has 0 saturated heterocycles. The van der Waals surface area contributed by atoms with E-state index in [0.717, 1.165) is 22.3 Å². The molecule has 0 atom stereocenters. The maximum absolute atomic E-state index is 13.3. The first kappa shape index (κ1) is 19.3. The molecule has 0 aliphatic rings. The summed E-state index contributed by atoms with van der Waals surface area (Å²) >= 11 is 4.06. The molecule has 1 aromatic carbocycles. The zero-order chi connectivity index (χ0) is 18.6. The van der Waals surface area contributed by atoms with Gasteiger partial charge in [0, 0.05) is 15.8 Å². The van der Waals surface area contributed by atoms with Crippen LogP contribution in [-0.4, -0.2) is 21.8 Å². The first-order valence-electron chi connectivity index (χ1n) is 6.85. The summed E-state index contributed by atoms with van der Waals surface area (Å²) in [6.07, 6.45) is -4.97. The van der Waals surface area contributed by atoms with Crippen LogP contribution in [0, 0.1) is 11.3 Å². The van der Waals surface area contributed by atoms with Crippen LogP contribution in [-0.2, 0) is 11.0 Å². The topological polar surface area (TPSA) is 74.0 Å². The van der Waals surface area contributed by atoms with Crippen LogP contribution < -0.4 is 0 Å². The van der Waals surface area contributed by atoms with E-state index < -0.39 is 23.3 Å². The van der Waals surface area contributed by atoms with Crippen molar-refractivity contribution in [3.63, 3.8) is 0 Å². The number of alkyl halides is 3. The van der Waals surface area contributed by atoms with E-state index in [9.17, 15) is 18.0 Å². The van der Waals surface area contributed by atoms with Crippen molar-refractivity contribution >= 4 is 33.7 Å². The lowest BCUT2D eigenvalue weighted by atomic mass is 10.1. The number of carboxylic acid groups (broad SMARTS) is 1. The fraction of sp³-hybridized carbons (Fsp3) is 0.188. The molecule has 1 heterocycles. The number of aliphatic carboxylic acids is 1. The van der Waals surface area contributed by atoms with Gasteiger partial charge in [0.2, 0.25) is 0 Å². The fourth-order valence-electron chi connectivity index (χ4n) is 1.96. The molecular weight excluding hydrogens is 421 g/mol. The number of carbonyl (C=O) groups is 1. The van der Waals surface area contributed by atoms with Crippen molar-refractivity contribution < 1.29 is 23.1 Å². The Morgan fingerprint density at radius 3 is 2.48 bits per heavy atom. The minimum Gasteiger partial charge on any atom is -0.481 e. The van der Waals surface area contributed by atoms with Crippen molar-refractivity contribution in [1.82, 2.24) is 4.98 Å². The quantitative estimate of drug-likeness (QED) is 0.677. The van der Waals surface area contributed by atoms with Crippen LogP contribution in [0.4, 0.5) is 13.2 Å². The molecule has 0 aliphatic heterocycles. The van der Waals surface area contributed by atoms with Gasteiger partial charge in [-0.2, -0.15) is 18.4 Å². The van der Waals surface area contributed by atoms with E-state index >= 15 is 0 Å². The van der Waals surface area contributed by atoms with E-state index in [1.165, 1.54) is 6.07 Å².